The van der Waals surface area contributed by atoms with Gasteiger partial charge in [0.05, 0.1) is 0 Å². The highest BCUT2D eigenvalue weighted by Gasteiger charge is 2.05. The van der Waals surface area contributed by atoms with E-state index in [4.69, 9.17) is 11.6 Å². The number of hydrogen-bond acceptors (Lipinski definition) is 0. The first kappa shape index (κ1) is 14.7. The molecule has 0 heterocycles. The van der Waals surface area contributed by atoms with E-state index in [1.807, 2.05) is 18.2 Å². The molecule has 0 spiro atoms. The standard InChI is InChI=1S/C18H13Cl.H2S/c19-16-12-10-15(11-13-16)18-9-5-4-8-17(18)14-6-2-1-3-7-14;/h1-13H;1H2. The van der Waals surface area contributed by atoms with Crippen LogP contribution < -0.4 is 0 Å². The fourth-order valence-corrected chi connectivity index (χ4v) is 2.36. The van der Waals surface area contributed by atoms with Crippen LogP contribution in [0.1, 0.15) is 0 Å². The Morgan fingerprint density at radius 3 is 1.50 bits per heavy atom. The molecule has 0 fully saturated rings. The lowest BCUT2D eigenvalue weighted by molar-refractivity contribution is 1.58. The molecule has 3 aromatic carbocycles. The molecule has 0 saturated heterocycles. The van der Waals surface area contributed by atoms with Gasteiger partial charge in [-0.3, -0.25) is 0 Å². The van der Waals surface area contributed by atoms with E-state index in [1.54, 1.807) is 0 Å². The molecule has 0 radical (unpaired) electrons. The molecular weight excluding hydrogens is 284 g/mol. The highest BCUT2D eigenvalue weighted by molar-refractivity contribution is 7.59. The Hall–Kier alpha value is -1.70. The van der Waals surface area contributed by atoms with Crippen LogP contribution >= 0.6 is 25.1 Å². The van der Waals surface area contributed by atoms with Gasteiger partial charge in [0.25, 0.3) is 0 Å². The van der Waals surface area contributed by atoms with E-state index >= 15 is 0 Å². The monoisotopic (exact) mass is 298 g/mol. The lowest BCUT2D eigenvalue weighted by Gasteiger charge is -2.10. The number of rotatable bonds is 2. The van der Waals surface area contributed by atoms with Crippen LogP contribution in [0.2, 0.25) is 5.02 Å². The molecule has 0 amide bonds. The van der Waals surface area contributed by atoms with E-state index in [2.05, 4.69) is 60.7 Å². The van der Waals surface area contributed by atoms with E-state index in [-0.39, 0.29) is 13.5 Å². The zero-order chi connectivity index (χ0) is 13.1. The molecule has 0 saturated carbocycles. The summed E-state index contributed by atoms with van der Waals surface area (Å²) < 4.78 is 0. The van der Waals surface area contributed by atoms with Gasteiger partial charge in [-0.25, -0.2) is 0 Å². The van der Waals surface area contributed by atoms with Gasteiger partial charge in [0.15, 0.2) is 0 Å². The van der Waals surface area contributed by atoms with Gasteiger partial charge >= 0.3 is 0 Å². The molecule has 3 rings (SSSR count). The lowest BCUT2D eigenvalue weighted by atomic mass is 9.95. The Morgan fingerprint density at radius 2 is 0.950 bits per heavy atom. The quantitative estimate of drug-likeness (QED) is 0.562. The molecule has 2 heteroatoms. The van der Waals surface area contributed by atoms with Crippen molar-refractivity contribution >= 4 is 25.1 Å². The molecule has 0 N–H and O–H groups in total. The molecule has 0 aliphatic rings. The Labute approximate surface area is 131 Å². The Balaban J connectivity index is 0.00000147. The first-order valence-corrected chi connectivity index (χ1v) is 6.63. The van der Waals surface area contributed by atoms with Crippen molar-refractivity contribution in [1.82, 2.24) is 0 Å². The number of halogens is 1. The van der Waals surface area contributed by atoms with Gasteiger partial charge in [-0.2, -0.15) is 13.5 Å². The van der Waals surface area contributed by atoms with E-state index in [9.17, 15) is 0 Å². The van der Waals surface area contributed by atoms with Gasteiger partial charge < -0.3 is 0 Å². The van der Waals surface area contributed by atoms with Crippen LogP contribution in [-0.4, -0.2) is 0 Å². The minimum Gasteiger partial charge on any atom is -0.197 e. The van der Waals surface area contributed by atoms with Gasteiger partial charge in [-0.15, -0.1) is 0 Å². The van der Waals surface area contributed by atoms with E-state index < -0.39 is 0 Å². The van der Waals surface area contributed by atoms with Crippen LogP contribution in [0.5, 0.6) is 0 Å². The summed E-state index contributed by atoms with van der Waals surface area (Å²) in [4.78, 5) is 0. The second-order valence-electron chi connectivity index (χ2n) is 4.42. The third-order valence-corrected chi connectivity index (χ3v) is 3.42. The van der Waals surface area contributed by atoms with E-state index in [0.29, 0.717) is 0 Å². The maximum absolute atomic E-state index is 5.96. The minimum atomic E-state index is 0. The van der Waals surface area contributed by atoms with Crippen molar-refractivity contribution in [1.29, 1.82) is 0 Å². The van der Waals surface area contributed by atoms with Gasteiger partial charge in [-0.05, 0) is 34.4 Å². The van der Waals surface area contributed by atoms with Crippen LogP contribution in [0.15, 0.2) is 78.9 Å². The summed E-state index contributed by atoms with van der Waals surface area (Å²) in [5.41, 5.74) is 4.88. The van der Waals surface area contributed by atoms with Gasteiger partial charge in [0.1, 0.15) is 0 Å². The fraction of sp³-hybridized carbons (Fsp3) is 0. The molecule has 0 aromatic heterocycles. The number of hydrogen-bond donors (Lipinski definition) is 0. The largest absolute Gasteiger partial charge is 0.197 e. The topological polar surface area (TPSA) is 0 Å². The van der Waals surface area contributed by atoms with Crippen molar-refractivity contribution < 1.29 is 0 Å². The van der Waals surface area contributed by atoms with Crippen LogP contribution in [0, 0.1) is 0 Å². The van der Waals surface area contributed by atoms with Gasteiger partial charge in [0.2, 0.25) is 0 Å². The Kier molecular flexibility index (Phi) is 4.89. The molecule has 0 nitrogen and oxygen atoms in total. The maximum Gasteiger partial charge on any atom is 0.0406 e. The Bertz CT molecular complexity index is 675. The van der Waals surface area contributed by atoms with Crippen molar-refractivity contribution in [3.05, 3.63) is 83.9 Å². The molecule has 0 atom stereocenters. The van der Waals surface area contributed by atoms with E-state index in [0.717, 1.165) is 5.02 Å². The maximum atomic E-state index is 5.96. The minimum absolute atomic E-state index is 0. The third kappa shape index (κ3) is 3.06. The first-order valence-electron chi connectivity index (χ1n) is 6.25. The van der Waals surface area contributed by atoms with Gasteiger partial charge in [0, 0.05) is 5.02 Å². The van der Waals surface area contributed by atoms with Crippen molar-refractivity contribution in [2.75, 3.05) is 0 Å². The summed E-state index contributed by atoms with van der Waals surface area (Å²) in [7, 11) is 0. The SMILES string of the molecule is Clc1ccc(-c2ccccc2-c2ccccc2)cc1.S. The van der Waals surface area contributed by atoms with Crippen LogP contribution in [0.25, 0.3) is 22.3 Å². The smallest absolute Gasteiger partial charge is 0.0406 e. The average molecular weight is 299 g/mol. The first-order chi connectivity index (χ1) is 9.34. The summed E-state index contributed by atoms with van der Waals surface area (Å²) in [6.45, 7) is 0. The van der Waals surface area contributed by atoms with Crippen molar-refractivity contribution in [3.63, 3.8) is 0 Å². The summed E-state index contributed by atoms with van der Waals surface area (Å²) in [6, 6.07) is 26.8. The molecule has 3 aromatic rings. The summed E-state index contributed by atoms with van der Waals surface area (Å²) >= 11 is 5.96. The summed E-state index contributed by atoms with van der Waals surface area (Å²) in [6.07, 6.45) is 0. The van der Waals surface area contributed by atoms with Crippen LogP contribution in [0.4, 0.5) is 0 Å². The molecule has 0 unspecified atom stereocenters. The second kappa shape index (κ2) is 6.65. The summed E-state index contributed by atoms with van der Waals surface area (Å²) in [5, 5.41) is 0.765. The molecule has 0 aliphatic carbocycles. The highest BCUT2D eigenvalue weighted by Crippen LogP contribution is 2.32. The highest BCUT2D eigenvalue weighted by atomic mass is 35.5. The molecular formula is C18H15ClS. The molecule has 100 valence electrons. The molecule has 0 bridgehead atoms. The predicted octanol–water partition coefficient (Wildman–Crippen LogP) is 5.79. The van der Waals surface area contributed by atoms with Crippen molar-refractivity contribution in [3.8, 4) is 22.3 Å². The fourth-order valence-electron chi connectivity index (χ4n) is 2.23. The van der Waals surface area contributed by atoms with Crippen LogP contribution in [0.3, 0.4) is 0 Å². The zero-order valence-corrected chi connectivity index (χ0v) is 12.6. The lowest BCUT2D eigenvalue weighted by Crippen LogP contribution is -1.84. The Morgan fingerprint density at radius 1 is 0.500 bits per heavy atom. The third-order valence-electron chi connectivity index (χ3n) is 3.17. The van der Waals surface area contributed by atoms with Crippen molar-refractivity contribution in [2.24, 2.45) is 0 Å². The number of benzene rings is 3. The van der Waals surface area contributed by atoms with E-state index in [1.165, 1.54) is 22.3 Å². The summed E-state index contributed by atoms with van der Waals surface area (Å²) in [5.74, 6) is 0. The second-order valence-corrected chi connectivity index (χ2v) is 4.85. The average Bonchev–Trinajstić information content (AvgIpc) is 2.49. The van der Waals surface area contributed by atoms with Crippen LogP contribution in [-0.2, 0) is 0 Å². The molecule has 0 aliphatic heterocycles. The van der Waals surface area contributed by atoms with Crippen molar-refractivity contribution in [2.45, 2.75) is 0 Å². The van der Waals surface area contributed by atoms with Gasteiger partial charge in [-0.1, -0.05) is 78.3 Å². The zero-order valence-electron chi connectivity index (χ0n) is 10.9. The molecule has 20 heavy (non-hydrogen) atoms. The predicted molar refractivity (Wildman–Crippen MR) is 92.7 cm³/mol. The normalized spacial score (nSPS) is 9.85.